The maximum Gasteiger partial charge on any atom is 0.0115 e. The van der Waals surface area contributed by atoms with Gasteiger partial charge in [-0.3, -0.25) is 0 Å². The first-order chi connectivity index (χ1) is 8.18. The fourth-order valence-electron chi connectivity index (χ4n) is 2.31. The standard InChI is InChI=1S/C14H23NS2/c1-14(2,13-6-4-8-17-13)11-15-9-12-5-3-7-16-10-12/h4,6,8,12,15H,3,5,7,9-11H2,1-2H3. The van der Waals surface area contributed by atoms with E-state index in [0.717, 1.165) is 12.5 Å². The van der Waals surface area contributed by atoms with Crippen LogP contribution in [-0.2, 0) is 5.41 Å². The summed E-state index contributed by atoms with van der Waals surface area (Å²) in [6.45, 7) is 6.96. The number of nitrogens with one attached hydrogen (secondary N) is 1. The Hall–Kier alpha value is 0.01000. The van der Waals surface area contributed by atoms with Crippen molar-refractivity contribution in [2.45, 2.75) is 32.1 Å². The molecule has 0 aliphatic carbocycles. The van der Waals surface area contributed by atoms with Gasteiger partial charge in [-0.1, -0.05) is 19.9 Å². The minimum absolute atomic E-state index is 0.274. The molecule has 96 valence electrons. The quantitative estimate of drug-likeness (QED) is 0.873. The molecule has 1 aromatic rings. The molecule has 2 heterocycles. The van der Waals surface area contributed by atoms with Gasteiger partial charge in [-0.2, -0.15) is 11.8 Å². The molecule has 0 aromatic carbocycles. The Kier molecular flexibility index (Phi) is 4.95. The number of thiophene rings is 1. The molecule has 1 atom stereocenters. The van der Waals surface area contributed by atoms with Crippen LogP contribution >= 0.6 is 23.1 Å². The van der Waals surface area contributed by atoms with Gasteiger partial charge in [0.15, 0.2) is 0 Å². The van der Waals surface area contributed by atoms with Crippen LogP contribution in [0.4, 0.5) is 0 Å². The summed E-state index contributed by atoms with van der Waals surface area (Å²) in [5.74, 6) is 3.62. The van der Waals surface area contributed by atoms with Crippen molar-refractivity contribution in [2.75, 3.05) is 24.6 Å². The Labute approximate surface area is 113 Å². The Morgan fingerprint density at radius 1 is 1.47 bits per heavy atom. The fourth-order valence-corrected chi connectivity index (χ4v) is 4.32. The van der Waals surface area contributed by atoms with E-state index in [1.807, 2.05) is 11.3 Å². The summed E-state index contributed by atoms with van der Waals surface area (Å²) in [5.41, 5.74) is 0.274. The Bertz CT molecular complexity index is 313. The van der Waals surface area contributed by atoms with Crippen molar-refractivity contribution in [1.29, 1.82) is 0 Å². The second-order valence-electron chi connectivity index (χ2n) is 5.58. The van der Waals surface area contributed by atoms with Gasteiger partial charge in [0.05, 0.1) is 0 Å². The van der Waals surface area contributed by atoms with Crippen LogP contribution in [0.3, 0.4) is 0 Å². The summed E-state index contributed by atoms with van der Waals surface area (Å²) in [5, 5.41) is 5.85. The average molecular weight is 269 g/mol. The van der Waals surface area contributed by atoms with Gasteiger partial charge in [0.1, 0.15) is 0 Å². The molecular weight excluding hydrogens is 246 g/mol. The molecule has 1 aromatic heterocycles. The van der Waals surface area contributed by atoms with E-state index >= 15 is 0 Å². The summed E-state index contributed by atoms with van der Waals surface area (Å²) in [7, 11) is 0. The van der Waals surface area contributed by atoms with E-state index in [-0.39, 0.29) is 5.41 Å². The highest BCUT2D eigenvalue weighted by Crippen LogP contribution is 2.27. The van der Waals surface area contributed by atoms with Crippen molar-refractivity contribution in [3.05, 3.63) is 22.4 Å². The second kappa shape index (κ2) is 6.26. The lowest BCUT2D eigenvalue weighted by molar-refractivity contribution is 0.421. The molecule has 1 unspecified atom stereocenters. The van der Waals surface area contributed by atoms with Crippen LogP contribution in [0.15, 0.2) is 17.5 Å². The molecule has 0 amide bonds. The first kappa shape index (κ1) is 13.4. The Morgan fingerprint density at radius 2 is 2.35 bits per heavy atom. The monoisotopic (exact) mass is 269 g/mol. The minimum Gasteiger partial charge on any atom is -0.316 e. The Balaban J connectivity index is 1.74. The number of rotatable bonds is 5. The molecule has 0 bridgehead atoms. The van der Waals surface area contributed by atoms with Crippen LogP contribution in [0.2, 0.25) is 0 Å². The highest BCUT2D eigenvalue weighted by Gasteiger charge is 2.22. The molecule has 1 saturated heterocycles. The van der Waals surface area contributed by atoms with Crippen LogP contribution in [0.1, 0.15) is 31.6 Å². The normalized spacial score (nSPS) is 21.6. The molecule has 17 heavy (non-hydrogen) atoms. The SMILES string of the molecule is CC(C)(CNCC1CCCSC1)c1cccs1. The molecule has 0 spiro atoms. The molecule has 3 heteroatoms. The lowest BCUT2D eigenvalue weighted by Crippen LogP contribution is -2.36. The van der Waals surface area contributed by atoms with Gasteiger partial charge in [-0.25, -0.2) is 0 Å². The molecular formula is C14H23NS2. The summed E-state index contributed by atoms with van der Waals surface area (Å²) in [4.78, 5) is 1.49. The van der Waals surface area contributed by atoms with Crippen molar-refractivity contribution >= 4 is 23.1 Å². The molecule has 1 nitrogen and oxygen atoms in total. The first-order valence-electron chi connectivity index (χ1n) is 6.51. The lowest BCUT2D eigenvalue weighted by atomic mass is 9.91. The van der Waals surface area contributed by atoms with Crippen LogP contribution in [0, 0.1) is 5.92 Å². The molecule has 1 aliphatic heterocycles. The van der Waals surface area contributed by atoms with Gasteiger partial charge in [-0.05, 0) is 48.3 Å². The fraction of sp³-hybridized carbons (Fsp3) is 0.714. The van der Waals surface area contributed by atoms with E-state index in [1.54, 1.807) is 0 Å². The van der Waals surface area contributed by atoms with E-state index in [4.69, 9.17) is 0 Å². The molecule has 2 rings (SSSR count). The third kappa shape index (κ3) is 4.01. The molecule has 0 radical (unpaired) electrons. The molecule has 1 fully saturated rings. The zero-order valence-corrected chi connectivity index (χ0v) is 12.5. The van der Waals surface area contributed by atoms with Gasteiger partial charge >= 0.3 is 0 Å². The average Bonchev–Trinajstić information content (AvgIpc) is 2.84. The van der Waals surface area contributed by atoms with Crippen LogP contribution in [0.25, 0.3) is 0 Å². The smallest absolute Gasteiger partial charge is 0.0115 e. The van der Waals surface area contributed by atoms with E-state index in [9.17, 15) is 0 Å². The highest BCUT2D eigenvalue weighted by molar-refractivity contribution is 7.99. The van der Waals surface area contributed by atoms with E-state index in [2.05, 4.69) is 48.4 Å². The summed E-state index contributed by atoms with van der Waals surface area (Å²) in [6, 6.07) is 4.41. The van der Waals surface area contributed by atoms with Gasteiger partial charge in [-0.15, -0.1) is 11.3 Å². The molecule has 1 N–H and O–H groups in total. The number of hydrogen-bond acceptors (Lipinski definition) is 3. The summed E-state index contributed by atoms with van der Waals surface area (Å²) < 4.78 is 0. The second-order valence-corrected chi connectivity index (χ2v) is 7.67. The van der Waals surface area contributed by atoms with Crippen molar-refractivity contribution in [2.24, 2.45) is 5.92 Å². The van der Waals surface area contributed by atoms with E-state index in [0.29, 0.717) is 0 Å². The largest absolute Gasteiger partial charge is 0.316 e. The van der Waals surface area contributed by atoms with Gasteiger partial charge in [0, 0.05) is 16.8 Å². The zero-order valence-electron chi connectivity index (χ0n) is 10.9. The van der Waals surface area contributed by atoms with E-state index < -0.39 is 0 Å². The number of hydrogen-bond donors (Lipinski definition) is 1. The number of thioether (sulfide) groups is 1. The first-order valence-corrected chi connectivity index (χ1v) is 8.54. The maximum atomic E-state index is 3.68. The van der Waals surface area contributed by atoms with Gasteiger partial charge in [0.2, 0.25) is 0 Å². The van der Waals surface area contributed by atoms with Crippen molar-refractivity contribution in [3.8, 4) is 0 Å². The predicted octanol–water partition coefficient (Wildman–Crippen LogP) is 3.76. The lowest BCUT2D eigenvalue weighted by Gasteiger charge is -2.27. The van der Waals surface area contributed by atoms with Crippen molar-refractivity contribution in [1.82, 2.24) is 5.32 Å². The summed E-state index contributed by atoms with van der Waals surface area (Å²) >= 11 is 3.99. The van der Waals surface area contributed by atoms with Gasteiger partial charge in [0.25, 0.3) is 0 Å². The summed E-state index contributed by atoms with van der Waals surface area (Å²) in [6.07, 6.45) is 2.82. The van der Waals surface area contributed by atoms with Gasteiger partial charge < -0.3 is 5.32 Å². The van der Waals surface area contributed by atoms with Crippen LogP contribution in [0.5, 0.6) is 0 Å². The van der Waals surface area contributed by atoms with Crippen molar-refractivity contribution < 1.29 is 0 Å². The van der Waals surface area contributed by atoms with Crippen LogP contribution < -0.4 is 5.32 Å². The highest BCUT2D eigenvalue weighted by atomic mass is 32.2. The van der Waals surface area contributed by atoms with Crippen molar-refractivity contribution in [3.63, 3.8) is 0 Å². The maximum absolute atomic E-state index is 3.68. The Morgan fingerprint density at radius 3 is 3.00 bits per heavy atom. The topological polar surface area (TPSA) is 12.0 Å². The van der Waals surface area contributed by atoms with E-state index in [1.165, 1.54) is 35.8 Å². The third-order valence-electron chi connectivity index (χ3n) is 3.44. The van der Waals surface area contributed by atoms with Crippen LogP contribution in [-0.4, -0.2) is 24.6 Å². The molecule has 1 aliphatic rings. The minimum atomic E-state index is 0.274. The zero-order chi connectivity index (χ0) is 12.1. The predicted molar refractivity (Wildman–Crippen MR) is 80.3 cm³/mol. The molecule has 0 saturated carbocycles. The third-order valence-corrected chi connectivity index (χ3v) is 5.96.